The fourth-order valence-electron chi connectivity index (χ4n) is 2.94. The normalized spacial score (nSPS) is 31.1. The van der Waals surface area contributed by atoms with E-state index in [1.54, 1.807) is 6.08 Å². The number of ketones is 1. The minimum Gasteiger partial charge on any atom is -0.294 e. The molecule has 80 valence electrons. The molecule has 2 atom stereocenters. The van der Waals surface area contributed by atoms with Gasteiger partial charge < -0.3 is 0 Å². The highest BCUT2D eigenvalue weighted by molar-refractivity contribution is 6.01. The topological polar surface area (TPSA) is 17.1 Å². The molecule has 0 aromatic rings. The van der Waals surface area contributed by atoms with E-state index in [1.165, 1.54) is 24.8 Å². The van der Waals surface area contributed by atoms with Crippen LogP contribution < -0.4 is 0 Å². The summed E-state index contributed by atoms with van der Waals surface area (Å²) in [7, 11) is 0. The maximum absolute atomic E-state index is 12.0. The van der Waals surface area contributed by atoms with Gasteiger partial charge in [-0.3, -0.25) is 4.79 Å². The zero-order valence-electron chi connectivity index (χ0n) is 9.33. The van der Waals surface area contributed by atoms with E-state index in [1.807, 2.05) is 13.0 Å². The number of hydrogen-bond acceptors (Lipinski definition) is 1. The number of allylic oxidation sites excluding steroid dienone is 5. The molecule has 0 heterocycles. The average Bonchev–Trinajstić information content (AvgIpc) is 2.51. The van der Waals surface area contributed by atoms with E-state index in [0.717, 1.165) is 12.0 Å². The third kappa shape index (κ3) is 1.71. The van der Waals surface area contributed by atoms with Gasteiger partial charge in [0.2, 0.25) is 0 Å². The minimum absolute atomic E-state index is 0.295. The first kappa shape index (κ1) is 10.4. The Labute approximate surface area is 91.6 Å². The average molecular weight is 202 g/mol. The van der Waals surface area contributed by atoms with Crippen molar-refractivity contribution in [2.75, 3.05) is 0 Å². The molecule has 0 amide bonds. The van der Waals surface area contributed by atoms with Crippen LogP contribution in [0.4, 0.5) is 0 Å². The Balaban J connectivity index is 2.29. The van der Waals surface area contributed by atoms with Gasteiger partial charge in [0.15, 0.2) is 5.78 Å². The van der Waals surface area contributed by atoms with Gasteiger partial charge in [0.05, 0.1) is 0 Å². The number of fused-ring (bicyclic) bond motifs is 1. The van der Waals surface area contributed by atoms with Gasteiger partial charge in [-0.25, -0.2) is 0 Å². The number of carbonyl (C=O) groups is 1. The molecule has 1 nitrogen and oxygen atoms in total. The predicted molar refractivity (Wildman–Crippen MR) is 62.5 cm³/mol. The summed E-state index contributed by atoms with van der Waals surface area (Å²) in [4.78, 5) is 12.0. The van der Waals surface area contributed by atoms with Gasteiger partial charge in [-0.05, 0) is 36.8 Å². The smallest absolute Gasteiger partial charge is 0.162 e. The number of rotatable bonds is 2. The molecular formula is C14H18O. The van der Waals surface area contributed by atoms with Crippen molar-refractivity contribution in [1.82, 2.24) is 0 Å². The number of Topliss-reactive ketones (excluding diaryl/α,β-unsaturated/α-hetero) is 1. The molecule has 0 bridgehead atoms. The summed E-state index contributed by atoms with van der Waals surface area (Å²) in [5.74, 6) is 1.19. The van der Waals surface area contributed by atoms with Gasteiger partial charge in [0.25, 0.3) is 0 Å². The largest absolute Gasteiger partial charge is 0.294 e. The number of carbonyl (C=O) groups excluding carboxylic acids is 1. The van der Waals surface area contributed by atoms with Crippen LogP contribution >= 0.6 is 0 Å². The van der Waals surface area contributed by atoms with E-state index in [-0.39, 0.29) is 0 Å². The third-order valence-electron chi connectivity index (χ3n) is 3.72. The lowest BCUT2D eigenvalue weighted by Crippen LogP contribution is -2.21. The molecular weight excluding hydrogens is 184 g/mol. The zero-order valence-corrected chi connectivity index (χ0v) is 9.33. The molecule has 15 heavy (non-hydrogen) atoms. The van der Waals surface area contributed by atoms with Crippen molar-refractivity contribution < 1.29 is 4.79 Å². The molecule has 2 unspecified atom stereocenters. The van der Waals surface area contributed by atoms with Crippen LogP contribution in [0, 0.1) is 11.8 Å². The molecule has 0 radical (unpaired) electrons. The van der Waals surface area contributed by atoms with E-state index < -0.39 is 0 Å². The maximum atomic E-state index is 12.0. The second kappa shape index (κ2) is 4.18. The van der Waals surface area contributed by atoms with Crippen LogP contribution in [-0.4, -0.2) is 5.78 Å². The lowest BCUT2D eigenvalue weighted by molar-refractivity contribution is -0.119. The fourth-order valence-corrected chi connectivity index (χ4v) is 2.94. The maximum Gasteiger partial charge on any atom is 0.162 e. The van der Waals surface area contributed by atoms with Crippen LogP contribution in [0.3, 0.4) is 0 Å². The van der Waals surface area contributed by atoms with Crippen molar-refractivity contribution >= 4 is 5.78 Å². The molecule has 0 aliphatic heterocycles. The van der Waals surface area contributed by atoms with Crippen LogP contribution in [0.25, 0.3) is 0 Å². The molecule has 0 saturated heterocycles. The summed E-state index contributed by atoms with van der Waals surface area (Å²) >= 11 is 0. The monoisotopic (exact) mass is 202 g/mol. The van der Waals surface area contributed by atoms with E-state index >= 15 is 0 Å². The van der Waals surface area contributed by atoms with Gasteiger partial charge >= 0.3 is 0 Å². The Morgan fingerprint density at radius 3 is 2.60 bits per heavy atom. The van der Waals surface area contributed by atoms with Crippen LogP contribution in [0.5, 0.6) is 0 Å². The second-order valence-electron chi connectivity index (χ2n) is 4.54. The SMILES string of the molecule is C=C/C=C\C1=C(C)C(=O)C2CCCCC12. The number of hydrogen-bond donors (Lipinski definition) is 0. The highest BCUT2D eigenvalue weighted by atomic mass is 16.1. The van der Waals surface area contributed by atoms with Crippen molar-refractivity contribution in [3.8, 4) is 0 Å². The van der Waals surface area contributed by atoms with E-state index in [4.69, 9.17) is 0 Å². The van der Waals surface area contributed by atoms with Crippen LogP contribution in [0.2, 0.25) is 0 Å². The van der Waals surface area contributed by atoms with Crippen molar-refractivity contribution in [1.29, 1.82) is 0 Å². The Morgan fingerprint density at radius 2 is 1.93 bits per heavy atom. The first-order valence-corrected chi connectivity index (χ1v) is 5.79. The van der Waals surface area contributed by atoms with E-state index in [0.29, 0.717) is 17.6 Å². The van der Waals surface area contributed by atoms with Crippen LogP contribution in [0.1, 0.15) is 32.6 Å². The minimum atomic E-state index is 0.295. The van der Waals surface area contributed by atoms with Crippen molar-refractivity contribution in [3.63, 3.8) is 0 Å². The molecule has 2 aliphatic carbocycles. The van der Waals surface area contributed by atoms with Crippen LogP contribution in [0.15, 0.2) is 36.0 Å². The zero-order chi connectivity index (χ0) is 10.8. The van der Waals surface area contributed by atoms with Crippen molar-refractivity contribution in [2.45, 2.75) is 32.6 Å². The molecule has 1 fully saturated rings. The summed E-state index contributed by atoms with van der Waals surface area (Å²) in [6.45, 7) is 5.65. The lowest BCUT2D eigenvalue weighted by atomic mass is 9.78. The van der Waals surface area contributed by atoms with Crippen LogP contribution in [-0.2, 0) is 4.79 Å². The molecule has 0 spiro atoms. The Morgan fingerprint density at radius 1 is 1.27 bits per heavy atom. The summed E-state index contributed by atoms with van der Waals surface area (Å²) in [6.07, 6.45) is 10.6. The van der Waals surface area contributed by atoms with Gasteiger partial charge in [0, 0.05) is 5.92 Å². The van der Waals surface area contributed by atoms with E-state index in [2.05, 4.69) is 12.7 Å². The fraction of sp³-hybridized carbons (Fsp3) is 0.500. The van der Waals surface area contributed by atoms with Crippen molar-refractivity contribution in [2.24, 2.45) is 11.8 Å². The third-order valence-corrected chi connectivity index (χ3v) is 3.72. The Bertz CT molecular complexity index is 346. The molecule has 2 aliphatic rings. The first-order valence-electron chi connectivity index (χ1n) is 5.79. The molecule has 0 N–H and O–H groups in total. The summed E-state index contributed by atoms with van der Waals surface area (Å²) in [6, 6.07) is 0. The Hall–Kier alpha value is -1.11. The van der Waals surface area contributed by atoms with Gasteiger partial charge in [0.1, 0.15) is 0 Å². The van der Waals surface area contributed by atoms with Gasteiger partial charge in [-0.2, -0.15) is 0 Å². The van der Waals surface area contributed by atoms with Crippen molar-refractivity contribution in [3.05, 3.63) is 36.0 Å². The van der Waals surface area contributed by atoms with E-state index in [9.17, 15) is 4.79 Å². The lowest BCUT2D eigenvalue weighted by Gasteiger charge is -2.25. The highest BCUT2D eigenvalue weighted by Crippen LogP contribution is 2.43. The van der Waals surface area contributed by atoms with Gasteiger partial charge in [-0.15, -0.1) is 0 Å². The summed E-state index contributed by atoms with van der Waals surface area (Å²) in [5, 5.41) is 0. The van der Waals surface area contributed by atoms with Gasteiger partial charge in [-0.1, -0.05) is 37.6 Å². The Kier molecular flexibility index (Phi) is 2.90. The predicted octanol–water partition coefficient (Wildman–Crippen LogP) is 3.43. The molecule has 1 heteroatoms. The molecule has 0 aromatic heterocycles. The summed E-state index contributed by atoms with van der Waals surface area (Å²) in [5.41, 5.74) is 2.26. The first-order chi connectivity index (χ1) is 7.25. The molecule has 0 aromatic carbocycles. The second-order valence-corrected chi connectivity index (χ2v) is 4.54. The summed E-state index contributed by atoms with van der Waals surface area (Å²) < 4.78 is 0. The highest BCUT2D eigenvalue weighted by Gasteiger charge is 2.39. The molecule has 2 rings (SSSR count). The molecule has 1 saturated carbocycles. The standard InChI is InChI=1S/C14H18O/c1-3-4-7-11-10(2)14(15)13-9-6-5-8-12(11)13/h3-4,7,12-13H,1,5-6,8-9H2,2H3/b7-4-. The quantitative estimate of drug-likeness (QED) is 0.627.